The van der Waals surface area contributed by atoms with Gasteiger partial charge in [0.05, 0.1) is 30.4 Å². The third kappa shape index (κ3) is 7.35. The van der Waals surface area contributed by atoms with Gasteiger partial charge in [-0.05, 0) is 96.3 Å². The number of carboxylic acids is 1. The molecule has 3 N–H and O–H groups in total. The molecule has 4 aliphatic rings. The van der Waals surface area contributed by atoms with Gasteiger partial charge in [0.15, 0.2) is 0 Å². The maximum Gasteiger partial charge on any atom is 0.329 e. The fourth-order valence-corrected chi connectivity index (χ4v) is 10.1. The summed E-state index contributed by atoms with van der Waals surface area (Å²) >= 11 is 0. The monoisotopic (exact) mass is 841 g/mol. The number of imide groups is 1. The largest absolute Gasteiger partial charge is 0.491 e. The minimum absolute atomic E-state index is 0.0424. The highest BCUT2D eigenvalue weighted by Crippen LogP contribution is 2.66. The third-order valence-electron chi connectivity index (χ3n) is 12.8. The lowest BCUT2D eigenvalue weighted by molar-refractivity contribution is -0.179. The zero-order valence-corrected chi connectivity index (χ0v) is 34.7. The van der Waals surface area contributed by atoms with E-state index in [0.29, 0.717) is 22.4 Å². The van der Waals surface area contributed by atoms with Crippen LogP contribution >= 0.6 is 0 Å². The first-order chi connectivity index (χ1) is 30.7. The second kappa shape index (κ2) is 17.4. The van der Waals surface area contributed by atoms with E-state index in [4.69, 9.17) is 9.47 Å². The van der Waals surface area contributed by atoms with Gasteiger partial charge in [-0.1, -0.05) is 121 Å². The third-order valence-corrected chi connectivity index (χ3v) is 12.8. The van der Waals surface area contributed by atoms with Gasteiger partial charge in [0.25, 0.3) is 0 Å². The molecule has 63 heavy (non-hydrogen) atoms. The van der Waals surface area contributed by atoms with E-state index < -0.39 is 65.5 Å². The van der Waals surface area contributed by atoms with Crippen LogP contribution in [0, 0.1) is 17.8 Å². The molecule has 5 aromatic carbocycles. The van der Waals surface area contributed by atoms with Gasteiger partial charge in [-0.15, -0.1) is 0 Å². The lowest BCUT2D eigenvalue weighted by atomic mass is 9.65. The first kappa shape index (κ1) is 41.4. The molecule has 2 fully saturated rings. The number of cyclic esters (lactones) is 1. The van der Waals surface area contributed by atoms with E-state index in [-0.39, 0.29) is 24.5 Å². The topological polar surface area (TPSA) is 146 Å². The van der Waals surface area contributed by atoms with E-state index in [2.05, 4.69) is 23.2 Å². The summed E-state index contributed by atoms with van der Waals surface area (Å²) in [7, 11) is 0. The van der Waals surface area contributed by atoms with Crippen molar-refractivity contribution in [3.05, 3.63) is 178 Å². The minimum atomic E-state index is -2.09. The van der Waals surface area contributed by atoms with Crippen molar-refractivity contribution < 1.29 is 38.9 Å². The van der Waals surface area contributed by atoms with Crippen LogP contribution in [0.2, 0.25) is 0 Å². The first-order valence-corrected chi connectivity index (χ1v) is 21.4. The number of morpholine rings is 1. The molecule has 7 unspecified atom stereocenters. The molecule has 3 heterocycles. The number of carboxylic acid groups (broad SMARTS) is 1. The van der Waals surface area contributed by atoms with Gasteiger partial charge < -0.3 is 25.0 Å². The van der Waals surface area contributed by atoms with Crippen molar-refractivity contribution in [1.82, 2.24) is 10.2 Å². The maximum absolute atomic E-state index is 16.1. The van der Waals surface area contributed by atoms with E-state index in [0.717, 1.165) is 47.3 Å². The summed E-state index contributed by atoms with van der Waals surface area (Å²) in [5, 5.41) is 24.2. The Balaban J connectivity index is 1.31. The molecular formula is C52H47N3O8. The molecule has 0 saturated carbocycles. The SMILES string of the molecule is CC(NC(=O)N1C(=O)C2(c3cc(C#CC4=CCCCC4)ccc31)C(C(=O)O)C1C(=O)OC(c3ccccc3)C(c3ccccc3)N1C2c1ccc(OCCO)cc1)c1ccccc1. The molecule has 0 radical (unpaired) electrons. The lowest BCUT2D eigenvalue weighted by Gasteiger charge is -2.46. The van der Waals surface area contributed by atoms with Crippen LogP contribution in [0.4, 0.5) is 10.5 Å². The zero-order chi connectivity index (χ0) is 43.7. The Hall–Kier alpha value is -7.00. The molecule has 5 aromatic rings. The number of nitrogens with one attached hydrogen (secondary N) is 1. The van der Waals surface area contributed by atoms with Crippen LogP contribution in [0.5, 0.6) is 5.75 Å². The molecule has 1 aliphatic carbocycles. The Morgan fingerprint density at radius 2 is 1.52 bits per heavy atom. The van der Waals surface area contributed by atoms with Crippen molar-refractivity contribution in [2.75, 3.05) is 18.1 Å². The summed E-state index contributed by atoms with van der Waals surface area (Å²) in [6, 6.07) is 35.3. The number of urea groups is 1. The van der Waals surface area contributed by atoms with Crippen LogP contribution in [-0.2, 0) is 24.5 Å². The molecule has 318 valence electrons. The van der Waals surface area contributed by atoms with Gasteiger partial charge >= 0.3 is 18.0 Å². The average molecular weight is 842 g/mol. The van der Waals surface area contributed by atoms with Crippen molar-refractivity contribution in [1.29, 1.82) is 0 Å². The van der Waals surface area contributed by atoms with E-state index in [1.807, 2.05) is 103 Å². The van der Waals surface area contributed by atoms with E-state index in [1.165, 1.54) is 0 Å². The number of benzene rings is 5. The van der Waals surface area contributed by atoms with E-state index in [9.17, 15) is 24.6 Å². The molecule has 0 bridgehead atoms. The predicted molar refractivity (Wildman–Crippen MR) is 235 cm³/mol. The highest BCUT2D eigenvalue weighted by Gasteiger charge is 2.76. The van der Waals surface area contributed by atoms with Crippen molar-refractivity contribution in [2.45, 2.75) is 68.3 Å². The highest BCUT2D eigenvalue weighted by atomic mass is 16.6. The molecular weight excluding hydrogens is 795 g/mol. The number of carbonyl (C=O) groups excluding carboxylic acids is 3. The highest BCUT2D eigenvalue weighted by molar-refractivity contribution is 6.24. The lowest BCUT2D eigenvalue weighted by Crippen LogP contribution is -2.54. The number of rotatable bonds is 9. The van der Waals surface area contributed by atoms with Crippen LogP contribution in [0.1, 0.15) is 90.2 Å². The minimum Gasteiger partial charge on any atom is -0.491 e. The maximum atomic E-state index is 16.1. The van der Waals surface area contributed by atoms with Gasteiger partial charge in [0, 0.05) is 5.56 Å². The van der Waals surface area contributed by atoms with Gasteiger partial charge in [0.2, 0.25) is 5.91 Å². The second-order valence-electron chi connectivity index (χ2n) is 16.4. The molecule has 3 amide bonds. The zero-order valence-electron chi connectivity index (χ0n) is 34.7. The number of hydrogen-bond acceptors (Lipinski definition) is 8. The molecule has 7 atom stereocenters. The number of aliphatic hydroxyl groups is 1. The molecule has 3 aliphatic heterocycles. The fourth-order valence-electron chi connectivity index (χ4n) is 10.1. The Bertz CT molecular complexity index is 2620. The van der Waals surface area contributed by atoms with Crippen molar-refractivity contribution in [3.63, 3.8) is 0 Å². The predicted octanol–water partition coefficient (Wildman–Crippen LogP) is 8.13. The standard InChI is InChI=1S/C52H47N3O8/c1-33(36-16-8-3-9-17-36)53-51(61)54-42-29-24-35(23-22-34-14-6-2-7-15-34)32-41(42)52(50(54)60)43(48(57)58)45-49(59)63-46(38-20-12-5-13-21-38)44(37-18-10-4-11-19-37)55(45)47(52)39-25-27-40(28-26-39)62-31-30-56/h3-5,8-14,16-21,24-29,32-33,43-47,56H,2,6-7,15,30-31H2,1H3,(H,53,61)(H,57,58). The normalized spacial score (nSPS) is 24.3. The summed E-state index contributed by atoms with van der Waals surface area (Å²) in [5.74, 6) is 2.29. The number of esters is 1. The molecule has 9 rings (SSSR count). The number of amides is 3. The Labute approximate surface area is 366 Å². The van der Waals surface area contributed by atoms with Crippen LogP contribution < -0.4 is 15.0 Å². The second-order valence-corrected chi connectivity index (χ2v) is 16.4. The van der Waals surface area contributed by atoms with Crippen LogP contribution in [0.3, 0.4) is 0 Å². The first-order valence-electron chi connectivity index (χ1n) is 21.4. The van der Waals surface area contributed by atoms with E-state index in [1.54, 1.807) is 42.5 Å². The summed E-state index contributed by atoms with van der Waals surface area (Å²) in [6.07, 6.45) is 5.11. The van der Waals surface area contributed by atoms with E-state index >= 15 is 4.79 Å². The summed E-state index contributed by atoms with van der Waals surface area (Å²) in [5.41, 5.74) is 2.63. The van der Waals surface area contributed by atoms with Crippen molar-refractivity contribution >= 4 is 29.6 Å². The molecule has 11 heteroatoms. The number of hydrogen-bond donors (Lipinski definition) is 3. The van der Waals surface area contributed by atoms with Crippen molar-refractivity contribution in [3.8, 4) is 17.6 Å². The number of allylic oxidation sites excluding steroid dienone is 2. The Kier molecular flexibility index (Phi) is 11.4. The van der Waals surface area contributed by atoms with Crippen LogP contribution in [0.25, 0.3) is 0 Å². The smallest absolute Gasteiger partial charge is 0.329 e. The number of nitrogens with zero attached hydrogens (tertiary/aromatic N) is 2. The number of anilines is 1. The van der Waals surface area contributed by atoms with Crippen molar-refractivity contribution in [2.24, 2.45) is 5.92 Å². The molecule has 1 spiro atoms. The number of ether oxygens (including phenoxy) is 2. The van der Waals surface area contributed by atoms with Crippen LogP contribution in [0.15, 0.2) is 145 Å². The number of aliphatic hydroxyl groups excluding tert-OH is 1. The van der Waals surface area contributed by atoms with Gasteiger partial charge in [-0.2, -0.15) is 0 Å². The molecule has 11 nitrogen and oxygen atoms in total. The Morgan fingerprint density at radius 3 is 2.17 bits per heavy atom. The summed E-state index contributed by atoms with van der Waals surface area (Å²) in [6.45, 7) is 1.65. The Morgan fingerprint density at radius 1 is 0.841 bits per heavy atom. The molecule has 2 saturated heterocycles. The summed E-state index contributed by atoms with van der Waals surface area (Å²) < 4.78 is 12.1. The van der Waals surface area contributed by atoms with Gasteiger partial charge in [-0.3, -0.25) is 19.3 Å². The number of fused-ring (bicyclic) bond motifs is 3. The number of aliphatic carboxylic acids is 1. The van der Waals surface area contributed by atoms with Crippen LogP contribution in [-0.4, -0.2) is 58.2 Å². The quantitative estimate of drug-likeness (QED) is 0.0990. The van der Waals surface area contributed by atoms with Gasteiger partial charge in [-0.25, -0.2) is 9.69 Å². The number of carbonyl (C=O) groups is 4. The average Bonchev–Trinajstić information content (AvgIpc) is 3.78. The van der Waals surface area contributed by atoms with Gasteiger partial charge in [0.1, 0.15) is 35.8 Å². The fraction of sp³-hybridized carbons (Fsp3) is 0.269. The summed E-state index contributed by atoms with van der Waals surface area (Å²) in [4.78, 5) is 63.1. The molecule has 0 aromatic heterocycles.